The van der Waals surface area contributed by atoms with Crippen LogP contribution in [0.3, 0.4) is 0 Å². The summed E-state index contributed by atoms with van der Waals surface area (Å²) in [5, 5.41) is 7.02. The van der Waals surface area contributed by atoms with Crippen molar-refractivity contribution in [3.8, 4) is 0 Å². The number of aromatic amines is 1. The number of nitrogens with one attached hydrogen (secondary N) is 3. The van der Waals surface area contributed by atoms with Crippen molar-refractivity contribution in [3.05, 3.63) is 34.3 Å². The average Bonchev–Trinajstić information content (AvgIpc) is 2.87. The second kappa shape index (κ2) is 4.51. The van der Waals surface area contributed by atoms with Gasteiger partial charge in [-0.3, -0.25) is 4.98 Å². The maximum Gasteiger partial charge on any atom is 0.417 e. The first-order valence-corrected chi connectivity index (χ1v) is 6.62. The highest BCUT2D eigenvalue weighted by Crippen LogP contribution is 2.18. The molecule has 1 aliphatic rings. The molecule has 1 unspecified atom stereocenters. The van der Waals surface area contributed by atoms with E-state index in [0.717, 1.165) is 30.6 Å². The van der Waals surface area contributed by atoms with E-state index in [1.54, 1.807) is 0 Å². The van der Waals surface area contributed by atoms with E-state index in [0.29, 0.717) is 11.6 Å². The molecule has 0 amide bonds. The van der Waals surface area contributed by atoms with Crippen LogP contribution in [0, 0.1) is 0 Å². The van der Waals surface area contributed by atoms with Gasteiger partial charge in [0.05, 0.1) is 5.52 Å². The molecule has 0 aliphatic carbocycles. The van der Waals surface area contributed by atoms with Gasteiger partial charge in [-0.2, -0.15) is 0 Å². The largest absolute Gasteiger partial charge is 0.417 e. The third kappa shape index (κ3) is 2.72. The van der Waals surface area contributed by atoms with Gasteiger partial charge in [0.15, 0.2) is 5.58 Å². The topological polar surface area (TPSA) is 70.1 Å². The van der Waals surface area contributed by atoms with Gasteiger partial charge in [-0.05, 0) is 38.0 Å². The van der Waals surface area contributed by atoms with Crippen LogP contribution in [-0.2, 0) is 6.54 Å². The number of fused-ring (bicyclic) bond motifs is 1. The molecule has 102 valence electrons. The summed E-state index contributed by atoms with van der Waals surface area (Å²) in [5.74, 6) is -0.401. The lowest BCUT2D eigenvalue weighted by Crippen LogP contribution is -2.31. The van der Waals surface area contributed by atoms with Gasteiger partial charge in [-0.25, -0.2) is 4.79 Å². The van der Waals surface area contributed by atoms with Crippen molar-refractivity contribution in [2.75, 3.05) is 6.54 Å². The van der Waals surface area contributed by atoms with Crippen molar-refractivity contribution in [1.82, 2.24) is 15.6 Å². The van der Waals surface area contributed by atoms with Crippen LogP contribution in [0.5, 0.6) is 0 Å². The summed E-state index contributed by atoms with van der Waals surface area (Å²) >= 11 is 0. The lowest BCUT2D eigenvalue weighted by molar-refractivity contribution is 0.442. The normalized spacial score (nSPS) is 22.1. The summed E-state index contributed by atoms with van der Waals surface area (Å²) in [6.07, 6.45) is 1.12. The Hall–Kier alpha value is -1.59. The quantitative estimate of drug-likeness (QED) is 0.780. The first-order chi connectivity index (χ1) is 9.02. The first kappa shape index (κ1) is 12.4. The fourth-order valence-corrected chi connectivity index (χ4v) is 2.67. The average molecular weight is 261 g/mol. The Morgan fingerprint density at radius 1 is 1.47 bits per heavy atom. The van der Waals surface area contributed by atoms with Gasteiger partial charge in [-0.1, -0.05) is 6.07 Å². The molecular formula is C14H19N3O2. The van der Waals surface area contributed by atoms with Gasteiger partial charge >= 0.3 is 5.76 Å². The monoisotopic (exact) mass is 261 g/mol. The van der Waals surface area contributed by atoms with Crippen LogP contribution in [0.1, 0.15) is 25.8 Å². The number of oxazole rings is 1. The molecule has 0 radical (unpaired) electrons. The van der Waals surface area contributed by atoms with Gasteiger partial charge in [0.25, 0.3) is 0 Å². The SMILES string of the molecule is CC1(C)CC(NCc2ccc3[nH]c(=O)oc3c2)CN1. The Morgan fingerprint density at radius 2 is 2.32 bits per heavy atom. The van der Waals surface area contributed by atoms with Crippen LogP contribution in [-0.4, -0.2) is 23.1 Å². The number of rotatable bonds is 3. The minimum atomic E-state index is -0.401. The van der Waals surface area contributed by atoms with Crippen molar-refractivity contribution in [3.63, 3.8) is 0 Å². The minimum Gasteiger partial charge on any atom is -0.408 e. The van der Waals surface area contributed by atoms with Gasteiger partial charge in [0, 0.05) is 24.7 Å². The molecule has 19 heavy (non-hydrogen) atoms. The molecule has 1 aromatic heterocycles. The summed E-state index contributed by atoms with van der Waals surface area (Å²) in [6.45, 7) is 6.21. The van der Waals surface area contributed by atoms with Gasteiger partial charge in [0.1, 0.15) is 0 Å². The lowest BCUT2D eigenvalue weighted by atomic mass is 10.0. The molecule has 1 aromatic carbocycles. The highest BCUT2D eigenvalue weighted by molar-refractivity contribution is 5.72. The molecule has 1 saturated heterocycles. The summed E-state index contributed by atoms with van der Waals surface area (Å²) in [5.41, 5.74) is 2.71. The van der Waals surface area contributed by atoms with Crippen molar-refractivity contribution >= 4 is 11.1 Å². The zero-order valence-electron chi connectivity index (χ0n) is 11.2. The van der Waals surface area contributed by atoms with Gasteiger partial charge in [-0.15, -0.1) is 0 Å². The highest BCUT2D eigenvalue weighted by atomic mass is 16.4. The Bertz CT molecular complexity index is 641. The summed E-state index contributed by atoms with van der Waals surface area (Å²) in [6, 6.07) is 6.29. The van der Waals surface area contributed by atoms with E-state index in [2.05, 4.69) is 29.5 Å². The maximum absolute atomic E-state index is 11.1. The molecule has 0 spiro atoms. The van der Waals surface area contributed by atoms with E-state index in [-0.39, 0.29) is 5.54 Å². The zero-order valence-corrected chi connectivity index (χ0v) is 11.2. The fraction of sp³-hybridized carbons (Fsp3) is 0.500. The van der Waals surface area contributed by atoms with E-state index in [4.69, 9.17) is 4.42 Å². The molecule has 0 bridgehead atoms. The number of aromatic nitrogens is 1. The first-order valence-electron chi connectivity index (χ1n) is 6.62. The molecule has 2 aromatic rings. The molecule has 1 atom stereocenters. The van der Waals surface area contributed by atoms with Gasteiger partial charge in [0.2, 0.25) is 0 Å². The fourth-order valence-electron chi connectivity index (χ4n) is 2.67. The molecule has 3 N–H and O–H groups in total. The van der Waals surface area contributed by atoms with E-state index in [9.17, 15) is 4.79 Å². The number of H-pyrrole nitrogens is 1. The second-order valence-electron chi connectivity index (χ2n) is 5.89. The standard InChI is InChI=1S/C14H19N3O2/c1-14(2)6-10(8-16-14)15-7-9-3-4-11-12(5-9)19-13(18)17-11/h3-5,10,15-16H,6-8H2,1-2H3,(H,17,18). The smallest absolute Gasteiger partial charge is 0.408 e. The summed E-state index contributed by atoms with van der Waals surface area (Å²) in [4.78, 5) is 13.7. The highest BCUT2D eigenvalue weighted by Gasteiger charge is 2.29. The Labute approximate surface area is 111 Å². The Kier molecular flexibility index (Phi) is 2.95. The number of benzene rings is 1. The predicted octanol–water partition coefficient (Wildman–Crippen LogP) is 1.35. The van der Waals surface area contributed by atoms with E-state index in [1.807, 2.05) is 18.2 Å². The number of hydrogen-bond donors (Lipinski definition) is 3. The van der Waals surface area contributed by atoms with Crippen molar-refractivity contribution < 1.29 is 4.42 Å². The van der Waals surface area contributed by atoms with Crippen LogP contribution in [0.2, 0.25) is 0 Å². The summed E-state index contributed by atoms with van der Waals surface area (Å²) in [7, 11) is 0. The van der Waals surface area contributed by atoms with Crippen molar-refractivity contribution in [2.24, 2.45) is 0 Å². The molecule has 5 nitrogen and oxygen atoms in total. The van der Waals surface area contributed by atoms with Crippen LogP contribution in [0.4, 0.5) is 0 Å². The van der Waals surface area contributed by atoms with Gasteiger partial charge < -0.3 is 15.1 Å². The van der Waals surface area contributed by atoms with Crippen LogP contribution in [0.15, 0.2) is 27.4 Å². The third-order valence-electron chi connectivity index (χ3n) is 3.66. The Balaban J connectivity index is 1.67. The molecule has 0 saturated carbocycles. The van der Waals surface area contributed by atoms with Crippen LogP contribution in [0.25, 0.3) is 11.1 Å². The van der Waals surface area contributed by atoms with Crippen molar-refractivity contribution in [2.45, 2.75) is 38.4 Å². The summed E-state index contributed by atoms with van der Waals surface area (Å²) < 4.78 is 5.06. The maximum atomic E-state index is 11.1. The molecule has 3 rings (SSSR count). The van der Waals surface area contributed by atoms with Crippen LogP contribution >= 0.6 is 0 Å². The number of hydrogen-bond acceptors (Lipinski definition) is 4. The zero-order chi connectivity index (χ0) is 13.5. The molecule has 2 heterocycles. The molecular weight excluding hydrogens is 242 g/mol. The Morgan fingerprint density at radius 3 is 3.05 bits per heavy atom. The van der Waals surface area contributed by atoms with E-state index >= 15 is 0 Å². The van der Waals surface area contributed by atoms with E-state index < -0.39 is 5.76 Å². The van der Waals surface area contributed by atoms with Crippen LogP contribution < -0.4 is 16.4 Å². The predicted molar refractivity (Wildman–Crippen MR) is 74.2 cm³/mol. The minimum absolute atomic E-state index is 0.217. The van der Waals surface area contributed by atoms with Crippen molar-refractivity contribution in [1.29, 1.82) is 0 Å². The second-order valence-corrected chi connectivity index (χ2v) is 5.89. The third-order valence-corrected chi connectivity index (χ3v) is 3.66. The molecule has 1 aliphatic heterocycles. The van der Waals surface area contributed by atoms with E-state index in [1.165, 1.54) is 0 Å². The lowest BCUT2D eigenvalue weighted by Gasteiger charge is -2.17. The molecule has 5 heteroatoms. The molecule has 1 fully saturated rings.